The molecule has 1 heterocycles. The SMILES string of the molecule is CCCCC(CC)CC(C(=O)O)C(=O)S1=CC=C(C)C=C1. The Bertz CT molecular complexity index is 474. The smallest absolute Gasteiger partial charge is 0.314 e. The van der Waals surface area contributed by atoms with Crippen molar-refractivity contribution in [2.75, 3.05) is 0 Å². The van der Waals surface area contributed by atoms with Gasteiger partial charge in [-0.25, -0.2) is 0 Å². The summed E-state index contributed by atoms with van der Waals surface area (Å²) >= 11 is 0. The summed E-state index contributed by atoms with van der Waals surface area (Å²) in [5, 5.41) is 12.9. The molecule has 118 valence electrons. The minimum atomic E-state index is -0.976. The van der Waals surface area contributed by atoms with Crippen LogP contribution in [0.5, 0.6) is 0 Å². The summed E-state index contributed by atoms with van der Waals surface area (Å²) < 4.78 is 0. The van der Waals surface area contributed by atoms with Gasteiger partial charge in [0.05, 0.1) is 0 Å². The molecule has 3 unspecified atom stereocenters. The van der Waals surface area contributed by atoms with Gasteiger partial charge >= 0.3 is 5.97 Å². The van der Waals surface area contributed by atoms with Gasteiger partial charge in [-0.3, -0.25) is 9.59 Å². The zero-order chi connectivity index (χ0) is 15.8. The molecule has 0 fully saturated rings. The third-order valence-electron chi connectivity index (χ3n) is 3.88. The number of unbranched alkanes of at least 4 members (excludes halogenated alkanes) is 1. The Labute approximate surface area is 130 Å². The van der Waals surface area contributed by atoms with E-state index in [-0.39, 0.29) is 5.12 Å². The fourth-order valence-electron chi connectivity index (χ4n) is 2.37. The first-order valence-corrected chi connectivity index (χ1v) is 9.03. The van der Waals surface area contributed by atoms with Crippen LogP contribution in [0, 0.1) is 11.8 Å². The quantitative estimate of drug-likeness (QED) is 0.535. The highest BCUT2D eigenvalue weighted by molar-refractivity contribution is 8.30. The summed E-state index contributed by atoms with van der Waals surface area (Å²) in [6.07, 6.45) is 8.41. The van der Waals surface area contributed by atoms with Crippen molar-refractivity contribution in [3.63, 3.8) is 0 Å². The number of aliphatic carboxylic acids is 1. The number of carbonyl (C=O) groups excluding carboxylic acids is 1. The van der Waals surface area contributed by atoms with Gasteiger partial charge in [-0.1, -0.05) is 67.7 Å². The number of carboxylic acids is 1. The Morgan fingerprint density at radius 2 is 2.05 bits per heavy atom. The van der Waals surface area contributed by atoms with Crippen LogP contribution < -0.4 is 0 Å². The molecule has 0 amide bonds. The normalized spacial score (nSPS) is 20.3. The molecule has 0 aromatic carbocycles. The van der Waals surface area contributed by atoms with Crippen molar-refractivity contribution in [1.29, 1.82) is 0 Å². The molecule has 0 saturated heterocycles. The predicted octanol–water partition coefficient (Wildman–Crippen LogP) is 4.37. The monoisotopic (exact) mass is 310 g/mol. The number of carbonyl (C=O) groups is 2. The first kappa shape index (κ1) is 17.9. The predicted molar refractivity (Wildman–Crippen MR) is 90.6 cm³/mol. The van der Waals surface area contributed by atoms with Crippen molar-refractivity contribution in [2.45, 2.75) is 52.9 Å². The molecule has 0 aromatic rings. The Kier molecular flexibility index (Phi) is 7.65. The van der Waals surface area contributed by atoms with Crippen LogP contribution in [0.3, 0.4) is 0 Å². The van der Waals surface area contributed by atoms with Crippen LogP contribution in [-0.4, -0.2) is 21.6 Å². The summed E-state index contributed by atoms with van der Waals surface area (Å²) in [7, 11) is -0.687. The van der Waals surface area contributed by atoms with Crippen LogP contribution in [-0.2, 0) is 9.59 Å². The van der Waals surface area contributed by atoms with Crippen molar-refractivity contribution >= 4 is 26.9 Å². The molecule has 1 aliphatic rings. The van der Waals surface area contributed by atoms with Crippen molar-refractivity contribution in [2.24, 2.45) is 11.8 Å². The molecule has 1 rings (SSSR count). The lowest BCUT2D eigenvalue weighted by Gasteiger charge is -2.20. The molecule has 0 radical (unpaired) electrons. The van der Waals surface area contributed by atoms with E-state index in [0.29, 0.717) is 12.3 Å². The number of hydrogen-bond acceptors (Lipinski definition) is 2. The summed E-state index contributed by atoms with van der Waals surface area (Å²) in [4.78, 5) is 24.0. The molecule has 0 aliphatic carbocycles. The van der Waals surface area contributed by atoms with E-state index in [1.54, 1.807) is 0 Å². The molecular formula is C17H26O3S. The van der Waals surface area contributed by atoms with E-state index in [2.05, 4.69) is 13.8 Å². The molecule has 3 nitrogen and oxygen atoms in total. The molecule has 0 bridgehead atoms. The Morgan fingerprint density at radius 3 is 2.52 bits per heavy atom. The standard InChI is InChI=1S/C17H26O3S/c1-4-6-7-14(5-2)12-15(16(18)19)17(20)21-10-8-13(3)9-11-21/h8-11,14-15H,4-7,12H2,1-3H3,(H,18,19). The number of rotatable bonds is 8. The van der Waals surface area contributed by atoms with E-state index in [1.165, 1.54) is 0 Å². The molecule has 3 atom stereocenters. The van der Waals surface area contributed by atoms with E-state index >= 15 is 0 Å². The topological polar surface area (TPSA) is 54.4 Å². The molecule has 0 spiro atoms. The number of carboxylic acid groups (broad SMARTS) is 1. The molecule has 21 heavy (non-hydrogen) atoms. The van der Waals surface area contributed by atoms with Crippen molar-refractivity contribution in [3.05, 3.63) is 23.1 Å². The van der Waals surface area contributed by atoms with Crippen molar-refractivity contribution < 1.29 is 14.7 Å². The molecule has 4 heteroatoms. The van der Waals surface area contributed by atoms with Crippen LogP contribution in [0.4, 0.5) is 0 Å². The lowest BCUT2D eigenvalue weighted by atomic mass is 9.89. The first-order valence-electron chi connectivity index (χ1n) is 7.68. The van der Waals surface area contributed by atoms with E-state index in [1.807, 2.05) is 29.9 Å². The van der Waals surface area contributed by atoms with Gasteiger partial charge in [0.2, 0.25) is 5.12 Å². The van der Waals surface area contributed by atoms with Gasteiger partial charge in [0.1, 0.15) is 5.92 Å². The number of allylic oxidation sites excluding steroid dienone is 3. The first-order chi connectivity index (χ1) is 9.99. The van der Waals surface area contributed by atoms with Gasteiger partial charge in [0.15, 0.2) is 0 Å². The maximum atomic E-state index is 12.5. The van der Waals surface area contributed by atoms with Gasteiger partial charge in [0, 0.05) is 0 Å². The molecule has 1 aliphatic heterocycles. The highest BCUT2D eigenvalue weighted by Gasteiger charge is 2.30. The van der Waals surface area contributed by atoms with E-state index in [0.717, 1.165) is 31.3 Å². The Morgan fingerprint density at radius 1 is 1.33 bits per heavy atom. The van der Waals surface area contributed by atoms with Crippen LogP contribution >= 0.6 is 10.5 Å². The lowest BCUT2D eigenvalue weighted by molar-refractivity contribution is -0.144. The fraction of sp³-hybridized carbons (Fsp3) is 0.588. The van der Waals surface area contributed by atoms with Crippen molar-refractivity contribution in [3.8, 4) is 0 Å². The summed E-state index contributed by atoms with van der Waals surface area (Å²) in [6.45, 7) is 6.17. The van der Waals surface area contributed by atoms with Crippen LogP contribution in [0.15, 0.2) is 23.1 Å². The van der Waals surface area contributed by atoms with Crippen molar-refractivity contribution in [1.82, 2.24) is 0 Å². The van der Waals surface area contributed by atoms with Gasteiger partial charge in [0.25, 0.3) is 0 Å². The average Bonchev–Trinajstić information content (AvgIpc) is 2.47. The van der Waals surface area contributed by atoms with Gasteiger partial charge in [-0.2, -0.15) is 0 Å². The van der Waals surface area contributed by atoms with Gasteiger partial charge < -0.3 is 5.11 Å². The third kappa shape index (κ3) is 5.62. The second kappa shape index (κ2) is 8.98. The van der Waals surface area contributed by atoms with E-state index in [4.69, 9.17) is 0 Å². The molecule has 0 saturated carbocycles. The summed E-state index contributed by atoms with van der Waals surface area (Å²) in [5.74, 6) is -1.52. The highest BCUT2D eigenvalue weighted by Crippen LogP contribution is 2.30. The maximum absolute atomic E-state index is 12.5. The summed E-state index contributed by atoms with van der Waals surface area (Å²) in [5.41, 5.74) is 1.09. The van der Waals surface area contributed by atoms with Crippen LogP contribution in [0.2, 0.25) is 0 Å². The van der Waals surface area contributed by atoms with Gasteiger partial charge in [-0.05, 0) is 30.0 Å². The summed E-state index contributed by atoms with van der Waals surface area (Å²) in [6, 6.07) is 0. The molecular weight excluding hydrogens is 284 g/mol. The van der Waals surface area contributed by atoms with Gasteiger partial charge in [-0.15, -0.1) is 0 Å². The fourth-order valence-corrected chi connectivity index (χ4v) is 3.98. The van der Waals surface area contributed by atoms with E-state index < -0.39 is 22.4 Å². The third-order valence-corrected chi connectivity index (χ3v) is 5.49. The van der Waals surface area contributed by atoms with Crippen LogP contribution in [0.1, 0.15) is 52.9 Å². The minimum absolute atomic E-state index is 0.155. The largest absolute Gasteiger partial charge is 0.481 e. The zero-order valence-electron chi connectivity index (χ0n) is 13.2. The van der Waals surface area contributed by atoms with E-state index in [9.17, 15) is 14.7 Å². The Hall–Kier alpha value is -1.16. The molecule has 0 aromatic heterocycles. The second-order valence-electron chi connectivity index (χ2n) is 5.58. The highest BCUT2D eigenvalue weighted by atomic mass is 32.2. The Balaban J connectivity index is 2.80. The second-order valence-corrected chi connectivity index (χ2v) is 7.27. The maximum Gasteiger partial charge on any atom is 0.314 e. The number of hydrogen-bond donors (Lipinski definition) is 1. The average molecular weight is 310 g/mol. The molecule has 1 N–H and O–H groups in total. The zero-order valence-corrected chi connectivity index (χ0v) is 14.0. The minimum Gasteiger partial charge on any atom is -0.481 e. The lowest BCUT2D eigenvalue weighted by Crippen LogP contribution is -2.25. The van der Waals surface area contributed by atoms with Crippen LogP contribution in [0.25, 0.3) is 0 Å².